The molecule has 0 aliphatic heterocycles. The minimum absolute atomic E-state index is 0.00907. The van der Waals surface area contributed by atoms with E-state index < -0.39 is 11.8 Å². The van der Waals surface area contributed by atoms with Crippen LogP contribution in [0.15, 0.2) is 36.5 Å². The molecular weight excluding hydrogens is 238 g/mol. The minimum atomic E-state index is -0.605. The lowest BCUT2D eigenvalue weighted by atomic mass is 10.1. The van der Waals surface area contributed by atoms with Crippen molar-refractivity contribution in [3.8, 4) is 11.8 Å². The molecule has 0 fully saturated rings. The lowest BCUT2D eigenvalue weighted by Gasteiger charge is -2.06. The van der Waals surface area contributed by atoms with E-state index in [0.717, 1.165) is 12.1 Å². The number of ether oxygens (including phenoxy) is 1. The van der Waals surface area contributed by atoms with Gasteiger partial charge in [-0.1, -0.05) is 6.07 Å². The SMILES string of the molecule is N#Cc1ccc(COc2ccc(F)nc2)c(F)c1. The largest absolute Gasteiger partial charge is 0.487 e. The summed E-state index contributed by atoms with van der Waals surface area (Å²) in [5, 5.41) is 8.60. The summed E-state index contributed by atoms with van der Waals surface area (Å²) in [6.45, 7) is -0.00907. The number of benzene rings is 1. The highest BCUT2D eigenvalue weighted by molar-refractivity contribution is 5.32. The second-order valence-corrected chi connectivity index (χ2v) is 3.52. The van der Waals surface area contributed by atoms with Gasteiger partial charge < -0.3 is 4.74 Å². The molecule has 0 aliphatic rings. The molecule has 0 amide bonds. The Kier molecular flexibility index (Phi) is 3.49. The third-order valence-electron chi connectivity index (χ3n) is 2.28. The second kappa shape index (κ2) is 5.23. The monoisotopic (exact) mass is 246 g/mol. The van der Waals surface area contributed by atoms with Gasteiger partial charge in [-0.05, 0) is 24.3 Å². The first-order valence-corrected chi connectivity index (χ1v) is 5.12. The van der Waals surface area contributed by atoms with Gasteiger partial charge in [0, 0.05) is 5.56 Å². The van der Waals surface area contributed by atoms with E-state index in [0.29, 0.717) is 11.3 Å². The molecule has 3 nitrogen and oxygen atoms in total. The molecule has 1 heterocycles. The summed E-state index contributed by atoms with van der Waals surface area (Å²) in [4.78, 5) is 3.41. The van der Waals surface area contributed by atoms with Crippen LogP contribution in [0.2, 0.25) is 0 Å². The van der Waals surface area contributed by atoms with Crippen LogP contribution in [0.3, 0.4) is 0 Å². The summed E-state index contributed by atoms with van der Waals surface area (Å²) in [5.41, 5.74) is 0.568. The Morgan fingerprint density at radius 1 is 1.22 bits per heavy atom. The molecule has 0 radical (unpaired) electrons. The maximum Gasteiger partial charge on any atom is 0.213 e. The van der Waals surface area contributed by atoms with Gasteiger partial charge in [-0.2, -0.15) is 9.65 Å². The van der Waals surface area contributed by atoms with Crippen molar-refractivity contribution in [1.29, 1.82) is 5.26 Å². The predicted octanol–water partition coefficient (Wildman–Crippen LogP) is 2.81. The van der Waals surface area contributed by atoms with Crippen molar-refractivity contribution in [2.24, 2.45) is 0 Å². The van der Waals surface area contributed by atoms with Crippen molar-refractivity contribution in [3.05, 3.63) is 59.4 Å². The van der Waals surface area contributed by atoms with Crippen molar-refractivity contribution in [1.82, 2.24) is 4.98 Å². The molecule has 0 spiro atoms. The van der Waals surface area contributed by atoms with Crippen LogP contribution in [0.1, 0.15) is 11.1 Å². The van der Waals surface area contributed by atoms with E-state index in [1.807, 2.05) is 6.07 Å². The molecule has 1 aromatic carbocycles. The van der Waals surface area contributed by atoms with Crippen molar-refractivity contribution < 1.29 is 13.5 Å². The van der Waals surface area contributed by atoms with Gasteiger partial charge in [0.1, 0.15) is 18.2 Å². The number of pyridine rings is 1. The zero-order valence-corrected chi connectivity index (χ0v) is 9.23. The standard InChI is InChI=1S/C13H8F2N2O/c14-12-5-9(6-16)1-2-10(12)8-18-11-3-4-13(15)17-7-11/h1-5,7H,8H2. The number of nitrogens with zero attached hydrogens (tertiary/aromatic N) is 2. The molecule has 0 saturated heterocycles. The summed E-state index contributed by atoms with van der Waals surface area (Å²) in [6, 6.07) is 8.53. The van der Waals surface area contributed by atoms with Gasteiger partial charge >= 0.3 is 0 Å². The van der Waals surface area contributed by atoms with Crippen LogP contribution in [-0.2, 0) is 6.61 Å². The highest BCUT2D eigenvalue weighted by Gasteiger charge is 2.04. The molecule has 5 heteroatoms. The molecule has 0 unspecified atom stereocenters. The lowest BCUT2D eigenvalue weighted by Crippen LogP contribution is -1.99. The number of hydrogen-bond acceptors (Lipinski definition) is 3. The molecule has 0 saturated carbocycles. The van der Waals surface area contributed by atoms with Gasteiger partial charge in [-0.3, -0.25) is 0 Å². The van der Waals surface area contributed by atoms with Gasteiger partial charge in [0.15, 0.2) is 0 Å². The van der Waals surface area contributed by atoms with Crippen LogP contribution < -0.4 is 4.74 Å². The Morgan fingerprint density at radius 3 is 2.67 bits per heavy atom. The summed E-state index contributed by atoms with van der Waals surface area (Å²) in [6.07, 6.45) is 1.22. The summed E-state index contributed by atoms with van der Waals surface area (Å²) < 4.78 is 31.3. The number of hydrogen-bond donors (Lipinski definition) is 0. The molecular formula is C13H8F2N2O. The van der Waals surface area contributed by atoms with Crippen LogP contribution in [0.25, 0.3) is 0 Å². The third kappa shape index (κ3) is 2.80. The van der Waals surface area contributed by atoms with Crippen molar-refractivity contribution in [2.45, 2.75) is 6.61 Å². The van der Waals surface area contributed by atoms with E-state index in [4.69, 9.17) is 10.00 Å². The van der Waals surface area contributed by atoms with Crippen LogP contribution in [0.5, 0.6) is 5.75 Å². The topological polar surface area (TPSA) is 45.9 Å². The Balaban J connectivity index is 2.06. The Bertz CT molecular complexity index is 591. The molecule has 18 heavy (non-hydrogen) atoms. The molecule has 0 N–H and O–H groups in total. The van der Waals surface area contributed by atoms with Gasteiger partial charge in [0.25, 0.3) is 0 Å². The van der Waals surface area contributed by atoms with E-state index >= 15 is 0 Å². The average Bonchev–Trinajstić information content (AvgIpc) is 2.39. The number of nitriles is 1. The number of rotatable bonds is 3. The quantitative estimate of drug-likeness (QED) is 0.782. The van der Waals surface area contributed by atoms with E-state index in [9.17, 15) is 8.78 Å². The highest BCUT2D eigenvalue weighted by atomic mass is 19.1. The van der Waals surface area contributed by atoms with E-state index in [1.165, 1.54) is 24.4 Å². The van der Waals surface area contributed by atoms with Gasteiger partial charge in [-0.25, -0.2) is 9.37 Å². The van der Waals surface area contributed by atoms with E-state index in [1.54, 1.807) is 0 Å². The minimum Gasteiger partial charge on any atom is -0.487 e. The predicted molar refractivity (Wildman–Crippen MR) is 59.6 cm³/mol. The van der Waals surface area contributed by atoms with Gasteiger partial charge in [-0.15, -0.1) is 0 Å². The van der Waals surface area contributed by atoms with Crippen LogP contribution >= 0.6 is 0 Å². The van der Waals surface area contributed by atoms with Crippen molar-refractivity contribution >= 4 is 0 Å². The van der Waals surface area contributed by atoms with E-state index in [-0.39, 0.29) is 12.2 Å². The number of halogens is 2. The molecule has 2 rings (SSSR count). The van der Waals surface area contributed by atoms with Gasteiger partial charge in [0.2, 0.25) is 5.95 Å². The van der Waals surface area contributed by atoms with Crippen LogP contribution in [0.4, 0.5) is 8.78 Å². The third-order valence-corrected chi connectivity index (χ3v) is 2.28. The van der Waals surface area contributed by atoms with E-state index in [2.05, 4.69) is 4.98 Å². The first-order valence-electron chi connectivity index (χ1n) is 5.12. The fraction of sp³-hybridized carbons (Fsp3) is 0.0769. The molecule has 0 aliphatic carbocycles. The molecule has 2 aromatic rings. The first-order chi connectivity index (χ1) is 8.69. The first kappa shape index (κ1) is 12.0. The van der Waals surface area contributed by atoms with Crippen LogP contribution in [0, 0.1) is 23.1 Å². The summed E-state index contributed by atoms with van der Waals surface area (Å²) in [5.74, 6) is -0.767. The highest BCUT2D eigenvalue weighted by Crippen LogP contribution is 2.14. The molecule has 1 aromatic heterocycles. The number of aromatic nitrogens is 1. The second-order valence-electron chi connectivity index (χ2n) is 3.52. The Labute approximate surface area is 102 Å². The normalized spacial score (nSPS) is 9.83. The van der Waals surface area contributed by atoms with Crippen molar-refractivity contribution in [2.75, 3.05) is 0 Å². The molecule has 90 valence electrons. The van der Waals surface area contributed by atoms with Crippen molar-refractivity contribution in [3.63, 3.8) is 0 Å². The molecule has 0 bridgehead atoms. The Morgan fingerprint density at radius 2 is 2.06 bits per heavy atom. The maximum atomic E-state index is 13.5. The fourth-order valence-electron chi connectivity index (χ4n) is 1.34. The lowest BCUT2D eigenvalue weighted by molar-refractivity contribution is 0.297. The summed E-state index contributed by atoms with van der Waals surface area (Å²) >= 11 is 0. The molecule has 0 atom stereocenters. The van der Waals surface area contributed by atoms with Gasteiger partial charge in [0.05, 0.1) is 17.8 Å². The zero-order valence-electron chi connectivity index (χ0n) is 9.23. The zero-order chi connectivity index (χ0) is 13.0. The van der Waals surface area contributed by atoms with Crippen LogP contribution in [-0.4, -0.2) is 4.98 Å². The maximum absolute atomic E-state index is 13.5. The summed E-state index contributed by atoms with van der Waals surface area (Å²) in [7, 11) is 0. The fourth-order valence-corrected chi connectivity index (χ4v) is 1.34. The Hall–Kier alpha value is -2.48. The smallest absolute Gasteiger partial charge is 0.213 e. The average molecular weight is 246 g/mol.